The molecule has 0 saturated carbocycles. The van der Waals surface area contributed by atoms with Gasteiger partial charge in [0, 0.05) is 17.0 Å². The molecule has 6 rings (SSSR count). The number of nitrogens with zero attached hydrogens (tertiary/aromatic N) is 1. The van der Waals surface area contributed by atoms with Crippen molar-refractivity contribution in [2.24, 2.45) is 0 Å². The summed E-state index contributed by atoms with van der Waals surface area (Å²) >= 11 is 6.42. The van der Waals surface area contributed by atoms with Gasteiger partial charge in [0.25, 0.3) is 0 Å². The Hall–Kier alpha value is -2.14. The van der Waals surface area contributed by atoms with Gasteiger partial charge < -0.3 is 0 Å². The predicted molar refractivity (Wildman–Crippen MR) is 125 cm³/mol. The molecule has 0 N–H and O–H groups in total. The highest BCUT2D eigenvalue weighted by Crippen LogP contribution is 2.58. The van der Waals surface area contributed by atoms with Crippen LogP contribution in [0, 0.1) is 13.8 Å². The third-order valence-electron chi connectivity index (χ3n) is 7.29. The zero-order chi connectivity index (χ0) is 22.0. The minimum Gasteiger partial charge on any atom is -0.207 e. The minimum atomic E-state index is -3.69. The van der Waals surface area contributed by atoms with Crippen molar-refractivity contribution in [2.45, 2.75) is 49.5 Å². The van der Waals surface area contributed by atoms with Crippen LogP contribution in [0.1, 0.15) is 47.6 Å². The van der Waals surface area contributed by atoms with Crippen molar-refractivity contribution in [2.75, 3.05) is 6.54 Å². The third kappa shape index (κ3) is 3.00. The highest BCUT2D eigenvalue weighted by Gasteiger charge is 2.58. The van der Waals surface area contributed by atoms with E-state index in [2.05, 4.69) is 37.3 Å². The molecule has 3 aliphatic rings. The Balaban J connectivity index is 1.75. The number of benzene rings is 3. The van der Waals surface area contributed by atoms with E-state index < -0.39 is 15.6 Å². The largest absolute Gasteiger partial charge is 0.243 e. The zero-order valence-electron chi connectivity index (χ0n) is 18.0. The standard InChI is InChI=1S/C26H26ClNO2S/c1-18-4-8-20(9-5-18)26-15-14-25(3,24-16-21(27)10-13-23(24)26)28(17-26)31(29,30)22-11-6-19(2)7-12-22/h4-13,16H,14-15,17H2,1-3H3/t25-,26-/m0/s1. The Bertz CT molecular complexity index is 1270. The van der Waals surface area contributed by atoms with E-state index in [1.165, 1.54) is 11.1 Å². The maximum atomic E-state index is 13.9. The molecule has 0 radical (unpaired) electrons. The van der Waals surface area contributed by atoms with E-state index in [4.69, 9.17) is 11.6 Å². The third-order valence-corrected chi connectivity index (χ3v) is 9.51. The molecule has 2 atom stereocenters. The first-order valence-electron chi connectivity index (χ1n) is 10.6. The summed E-state index contributed by atoms with van der Waals surface area (Å²) in [6, 6.07) is 21.7. The molecule has 2 heterocycles. The van der Waals surface area contributed by atoms with Gasteiger partial charge in [0.15, 0.2) is 0 Å². The maximum Gasteiger partial charge on any atom is 0.243 e. The van der Waals surface area contributed by atoms with E-state index in [1.807, 2.05) is 38.1 Å². The van der Waals surface area contributed by atoms with Crippen LogP contribution in [-0.4, -0.2) is 19.3 Å². The smallest absolute Gasteiger partial charge is 0.207 e. The molecule has 2 bridgehead atoms. The molecule has 2 aliphatic heterocycles. The van der Waals surface area contributed by atoms with Crippen LogP contribution in [0.5, 0.6) is 0 Å². The van der Waals surface area contributed by atoms with Crippen LogP contribution in [0.25, 0.3) is 0 Å². The second-order valence-electron chi connectivity index (χ2n) is 9.24. The molecule has 31 heavy (non-hydrogen) atoms. The average molecular weight is 452 g/mol. The second-order valence-corrected chi connectivity index (χ2v) is 11.5. The lowest BCUT2D eigenvalue weighted by Gasteiger charge is -2.58. The quantitative estimate of drug-likeness (QED) is 0.493. The van der Waals surface area contributed by atoms with Gasteiger partial charge in [-0.1, -0.05) is 65.2 Å². The summed E-state index contributed by atoms with van der Waals surface area (Å²) in [7, 11) is -3.69. The summed E-state index contributed by atoms with van der Waals surface area (Å²) in [5.74, 6) is 0. The van der Waals surface area contributed by atoms with E-state index >= 15 is 0 Å². The molecule has 1 saturated heterocycles. The van der Waals surface area contributed by atoms with E-state index in [-0.39, 0.29) is 5.41 Å². The van der Waals surface area contributed by atoms with Gasteiger partial charge >= 0.3 is 0 Å². The SMILES string of the molecule is Cc1ccc([C@@]23CC[C@@](C)(c4cc(Cl)ccc42)N(S(=O)(=O)c2ccc(C)cc2)C3)cc1. The van der Waals surface area contributed by atoms with Crippen molar-refractivity contribution >= 4 is 21.6 Å². The van der Waals surface area contributed by atoms with E-state index in [9.17, 15) is 8.42 Å². The number of hydrogen-bond acceptors (Lipinski definition) is 2. The van der Waals surface area contributed by atoms with Crippen LogP contribution in [0.2, 0.25) is 5.02 Å². The summed E-state index contributed by atoms with van der Waals surface area (Å²) < 4.78 is 29.5. The highest BCUT2D eigenvalue weighted by atomic mass is 35.5. The molecule has 0 unspecified atom stereocenters. The van der Waals surface area contributed by atoms with Crippen LogP contribution in [-0.2, 0) is 21.0 Å². The predicted octanol–water partition coefficient (Wildman–Crippen LogP) is 5.96. The Morgan fingerprint density at radius 1 is 0.839 bits per heavy atom. The summed E-state index contributed by atoms with van der Waals surface area (Å²) in [4.78, 5) is 0.342. The first-order valence-corrected chi connectivity index (χ1v) is 12.5. The molecule has 160 valence electrons. The number of hydrogen-bond donors (Lipinski definition) is 0. The lowest BCUT2D eigenvalue weighted by molar-refractivity contribution is 0.0786. The number of rotatable bonds is 3. The Morgan fingerprint density at radius 2 is 1.45 bits per heavy atom. The first-order chi connectivity index (χ1) is 14.7. The molecule has 3 aromatic carbocycles. The van der Waals surface area contributed by atoms with Crippen molar-refractivity contribution in [3.05, 3.63) is 99.6 Å². The molecule has 0 aromatic heterocycles. The van der Waals surface area contributed by atoms with Gasteiger partial charge in [-0.2, -0.15) is 4.31 Å². The topological polar surface area (TPSA) is 37.4 Å². The first kappa shape index (κ1) is 20.7. The monoisotopic (exact) mass is 451 g/mol. The molecule has 1 aliphatic carbocycles. The summed E-state index contributed by atoms with van der Waals surface area (Å²) in [5.41, 5.74) is 4.60. The van der Waals surface area contributed by atoms with E-state index in [0.29, 0.717) is 16.5 Å². The van der Waals surface area contributed by atoms with Gasteiger partial charge in [0.05, 0.1) is 10.4 Å². The van der Waals surface area contributed by atoms with Crippen LogP contribution in [0.3, 0.4) is 0 Å². The zero-order valence-corrected chi connectivity index (χ0v) is 19.6. The van der Waals surface area contributed by atoms with Crippen molar-refractivity contribution in [1.29, 1.82) is 0 Å². The van der Waals surface area contributed by atoms with Crippen molar-refractivity contribution in [1.82, 2.24) is 4.31 Å². The number of aryl methyl sites for hydroxylation is 2. The van der Waals surface area contributed by atoms with Gasteiger partial charge in [0.2, 0.25) is 10.0 Å². The minimum absolute atomic E-state index is 0.342. The van der Waals surface area contributed by atoms with Gasteiger partial charge in [-0.05, 0) is 74.6 Å². The number of piperidine rings is 1. The Labute approximate surface area is 189 Å². The van der Waals surface area contributed by atoms with Crippen molar-refractivity contribution in [3.8, 4) is 0 Å². The molecule has 0 spiro atoms. The van der Waals surface area contributed by atoms with Crippen molar-refractivity contribution in [3.63, 3.8) is 0 Å². The van der Waals surface area contributed by atoms with Crippen molar-refractivity contribution < 1.29 is 8.42 Å². The molecule has 1 fully saturated rings. The van der Waals surface area contributed by atoms with Crippen LogP contribution < -0.4 is 0 Å². The van der Waals surface area contributed by atoms with Gasteiger partial charge in [0.1, 0.15) is 0 Å². The Kier molecular flexibility index (Phi) is 4.64. The highest BCUT2D eigenvalue weighted by molar-refractivity contribution is 7.89. The summed E-state index contributed by atoms with van der Waals surface area (Å²) in [6.07, 6.45) is 1.65. The normalized spacial score (nSPS) is 25.4. The van der Waals surface area contributed by atoms with Gasteiger partial charge in [-0.3, -0.25) is 0 Å². The number of halogens is 1. The van der Waals surface area contributed by atoms with Crippen LogP contribution in [0.15, 0.2) is 71.6 Å². The lowest BCUT2D eigenvalue weighted by atomic mass is 9.57. The van der Waals surface area contributed by atoms with E-state index in [0.717, 1.165) is 29.5 Å². The van der Waals surface area contributed by atoms with Crippen LogP contribution in [0.4, 0.5) is 0 Å². The molecule has 3 aromatic rings. The lowest BCUT2D eigenvalue weighted by Crippen LogP contribution is -2.63. The number of fused-ring (bicyclic) bond motifs is 2. The fourth-order valence-electron chi connectivity index (χ4n) is 5.40. The molecule has 3 nitrogen and oxygen atoms in total. The van der Waals surface area contributed by atoms with Gasteiger partial charge in [-0.25, -0.2) is 8.42 Å². The van der Waals surface area contributed by atoms with E-state index in [1.54, 1.807) is 16.4 Å². The maximum absolute atomic E-state index is 13.9. The fraction of sp³-hybridized carbons (Fsp3) is 0.308. The van der Waals surface area contributed by atoms with Gasteiger partial charge in [-0.15, -0.1) is 0 Å². The number of sulfonamides is 1. The fourth-order valence-corrected chi connectivity index (χ4v) is 7.42. The molecular formula is C26H26ClNO2S. The van der Waals surface area contributed by atoms with Crippen LogP contribution >= 0.6 is 11.6 Å². The second kappa shape index (κ2) is 6.93. The molecular weight excluding hydrogens is 426 g/mol. The average Bonchev–Trinajstić information content (AvgIpc) is 2.75. The molecule has 0 amide bonds. The summed E-state index contributed by atoms with van der Waals surface area (Å²) in [6.45, 7) is 6.51. The molecule has 5 heteroatoms. The summed E-state index contributed by atoms with van der Waals surface area (Å²) in [5, 5.41) is 0.638. The Morgan fingerprint density at radius 3 is 2.10 bits per heavy atom.